The summed E-state index contributed by atoms with van der Waals surface area (Å²) in [4.78, 5) is 10.9. The van der Waals surface area contributed by atoms with E-state index in [9.17, 15) is 18.0 Å². The fourth-order valence-electron chi connectivity index (χ4n) is 1.50. The molecule has 16 heavy (non-hydrogen) atoms. The molecule has 1 aliphatic rings. The van der Waals surface area contributed by atoms with Crippen molar-refractivity contribution in [1.82, 2.24) is 5.43 Å². The Morgan fingerprint density at radius 3 is 2.25 bits per heavy atom. The van der Waals surface area contributed by atoms with Crippen molar-refractivity contribution < 1.29 is 18.0 Å². The summed E-state index contributed by atoms with van der Waals surface area (Å²) in [6.07, 6.45) is -3.96. The van der Waals surface area contributed by atoms with E-state index in [0.717, 1.165) is 12.1 Å². The van der Waals surface area contributed by atoms with E-state index in [4.69, 9.17) is 0 Å². The molecule has 1 amide bonds. The number of benzene rings is 1. The van der Waals surface area contributed by atoms with Crippen LogP contribution in [0.25, 0.3) is 0 Å². The average molecular weight is 230 g/mol. The van der Waals surface area contributed by atoms with Crippen LogP contribution in [0, 0.1) is 0 Å². The molecule has 0 unspecified atom stereocenters. The quantitative estimate of drug-likeness (QED) is 0.799. The molecular formula is C10H9F3N2O. The number of amides is 1. The van der Waals surface area contributed by atoms with Crippen LogP contribution in [0.5, 0.6) is 0 Å². The first-order valence-electron chi connectivity index (χ1n) is 4.71. The number of halogens is 3. The summed E-state index contributed by atoms with van der Waals surface area (Å²) in [6, 6.07) is 4.68. The molecule has 0 radical (unpaired) electrons. The minimum atomic E-state index is -4.33. The van der Waals surface area contributed by atoms with E-state index in [1.165, 1.54) is 17.1 Å². The second kappa shape index (κ2) is 3.70. The van der Waals surface area contributed by atoms with Crippen molar-refractivity contribution in [2.45, 2.75) is 12.6 Å². The molecule has 2 rings (SSSR count). The second-order valence-electron chi connectivity index (χ2n) is 3.48. The van der Waals surface area contributed by atoms with Crippen LogP contribution in [0.1, 0.15) is 12.0 Å². The first-order valence-corrected chi connectivity index (χ1v) is 4.71. The zero-order chi connectivity index (χ0) is 11.8. The zero-order valence-electron chi connectivity index (χ0n) is 8.21. The number of hydrogen-bond donors (Lipinski definition) is 1. The Hall–Kier alpha value is -1.72. The summed E-state index contributed by atoms with van der Waals surface area (Å²) >= 11 is 0. The minimum Gasteiger partial charge on any atom is -0.285 e. The molecule has 0 spiro atoms. The Bertz CT molecular complexity index is 400. The maximum Gasteiger partial charge on any atom is 0.416 e. The predicted octanol–water partition coefficient (Wildman–Crippen LogP) is 1.95. The van der Waals surface area contributed by atoms with Gasteiger partial charge < -0.3 is 0 Å². The van der Waals surface area contributed by atoms with Crippen LogP contribution in [-0.2, 0) is 11.0 Å². The van der Waals surface area contributed by atoms with Crippen molar-refractivity contribution in [2.75, 3.05) is 11.6 Å². The van der Waals surface area contributed by atoms with E-state index < -0.39 is 11.7 Å². The van der Waals surface area contributed by atoms with Gasteiger partial charge in [-0.2, -0.15) is 13.2 Å². The monoisotopic (exact) mass is 230 g/mol. The van der Waals surface area contributed by atoms with E-state index >= 15 is 0 Å². The van der Waals surface area contributed by atoms with Crippen LogP contribution in [0.3, 0.4) is 0 Å². The van der Waals surface area contributed by atoms with Crippen molar-refractivity contribution in [2.24, 2.45) is 0 Å². The second-order valence-corrected chi connectivity index (χ2v) is 3.48. The van der Waals surface area contributed by atoms with Gasteiger partial charge >= 0.3 is 6.18 Å². The van der Waals surface area contributed by atoms with Gasteiger partial charge in [-0.3, -0.25) is 15.2 Å². The largest absolute Gasteiger partial charge is 0.416 e. The molecule has 1 saturated heterocycles. The van der Waals surface area contributed by atoms with E-state index in [0.29, 0.717) is 18.7 Å². The van der Waals surface area contributed by atoms with Gasteiger partial charge in [-0.25, -0.2) is 0 Å². The lowest BCUT2D eigenvalue weighted by Gasteiger charge is -2.17. The van der Waals surface area contributed by atoms with Gasteiger partial charge in [-0.05, 0) is 24.3 Å². The van der Waals surface area contributed by atoms with Gasteiger partial charge in [-0.1, -0.05) is 0 Å². The van der Waals surface area contributed by atoms with Crippen LogP contribution in [0.2, 0.25) is 0 Å². The van der Waals surface area contributed by atoms with Crippen LogP contribution in [-0.4, -0.2) is 12.5 Å². The maximum atomic E-state index is 12.3. The molecule has 0 saturated carbocycles. The molecule has 1 N–H and O–H groups in total. The van der Waals surface area contributed by atoms with Gasteiger partial charge in [0, 0.05) is 13.0 Å². The third kappa shape index (κ3) is 2.10. The number of carbonyl (C=O) groups is 1. The molecule has 3 nitrogen and oxygen atoms in total. The van der Waals surface area contributed by atoms with E-state index in [1.54, 1.807) is 0 Å². The third-order valence-corrected chi connectivity index (χ3v) is 2.33. The molecule has 0 bridgehead atoms. The van der Waals surface area contributed by atoms with Crippen molar-refractivity contribution >= 4 is 11.6 Å². The van der Waals surface area contributed by atoms with Crippen molar-refractivity contribution in [3.63, 3.8) is 0 Å². The number of rotatable bonds is 1. The van der Waals surface area contributed by atoms with Gasteiger partial charge in [0.25, 0.3) is 0 Å². The highest BCUT2D eigenvalue weighted by molar-refractivity contribution is 5.81. The summed E-state index contributed by atoms with van der Waals surface area (Å²) in [5.41, 5.74) is 2.40. The molecule has 86 valence electrons. The highest BCUT2D eigenvalue weighted by Gasteiger charge is 2.30. The van der Waals surface area contributed by atoms with E-state index in [1.807, 2.05) is 0 Å². The lowest BCUT2D eigenvalue weighted by atomic mass is 10.2. The molecule has 0 aliphatic carbocycles. The smallest absolute Gasteiger partial charge is 0.285 e. The summed E-state index contributed by atoms with van der Waals surface area (Å²) in [5, 5.41) is 1.53. The Balaban J connectivity index is 2.17. The summed E-state index contributed by atoms with van der Waals surface area (Å²) < 4.78 is 36.8. The summed E-state index contributed by atoms with van der Waals surface area (Å²) in [5.74, 6) is -0.125. The number of hydrogen-bond acceptors (Lipinski definition) is 2. The highest BCUT2D eigenvalue weighted by atomic mass is 19.4. The first-order chi connectivity index (χ1) is 7.47. The van der Waals surface area contributed by atoms with Crippen molar-refractivity contribution in [1.29, 1.82) is 0 Å². The van der Waals surface area contributed by atoms with Crippen molar-refractivity contribution in [3.8, 4) is 0 Å². The third-order valence-electron chi connectivity index (χ3n) is 2.33. The molecule has 0 aromatic heterocycles. The zero-order valence-corrected chi connectivity index (χ0v) is 8.21. The molecular weight excluding hydrogens is 221 g/mol. The fourth-order valence-corrected chi connectivity index (χ4v) is 1.50. The van der Waals surface area contributed by atoms with Gasteiger partial charge in [0.05, 0.1) is 11.3 Å². The number of anilines is 1. The number of nitrogens with zero attached hydrogens (tertiary/aromatic N) is 1. The number of alkyl halides is 3. The van der Waals surface area contributed by atoms with E-state index in [2.05, 4.69) is 5.43 Å². The maximum absolute atomic E-state index is 12.3. The predicted molar refractivity (Wildman–Crippen MR) is 51.5 cm³/mol. The van der Waals surface area contributed by atoms with Crippen molar-refractivity contribution in [3.05, 3.63) is 29.8 Å². The lowest BCUT2D eigenvalue weighted by molar-refractivity contribution is -0.137. The average Bonchev–Trinajstić information content (AvgIpc) is 2.64. The molecule has 1 fully saturated rings. The number of carbonyl (C=O) groups excluding carboxylic acids is 1. The summed E-state index contributed by atoms with van der Waals surface area (Å²) in [6.45, 7) is 0.476. The van der Waals surface area contributed by atoms with Gasteiger partial charge in [0.15, 0.2) is 0 Å². The van der Waals surface area contributed by atoms with Crippen LogP contribution in [0.4, 0.5) is 18.9 Å². The molecule has 1 heterocycles. The Morgan fingerprint density at radius 1 is 1.19 bits per heavy atom. The van der Waals surface area contributed by atoms with Crippen LogP contribution >= 0.6 is 0 Å². The van der Waals surface area contributed by atoms with E-state index in [-0.39, 0.29) is 5.91 Å². The highest BCUT2D eigenvalue weighted by Crippen LogP contribution is 2.30. The minimum absolute atomic E-state index is 0.125. The Labute approximate surface area is 89.8 Å². The lowest BCUT2D eigenvalue weighted by Crippen LogP contribution is -2.32. The van der Waals surface area contributed by atoms with Gasteiger partial charge in [-0.15, -0.1) is 0 Å². The SMILES string of the molecule is O=C1CCN(c2ccc(C(F)(F)F)cc2)N1. The van der Waals surface area contributed by atoms with Gasteiger partial charge in [0.2, 0.25) is 5.91 Å². The fraction of sp³-hybridized carbons (Fsp3) is 0.300. The number of nitrogens with one attached hydrogen (secondary N) is 1. The Morgan fingerprint density at radius 2 is 1.81 bits per heavy atom. The van der Waals surface area contributed by atoms with Crippen LogP contribution in [0.15, 0.2) is 24.3 Å². The first kappa shape index (κ1) is 10.8. The summed E-state index contributed by atoms with van der Waals surface area (Å²) in [7, 11) is 0. The Kier molecular flexibility index (Phi) is 2.49. The normalized spacial score (nSPS) is 16.4. The number of hydrazine groups is 1. The molecule has 1 aromatic carbocycles. The topological polar surface area (TPSA) is 32.3 Å². The van der Waals surface area contributed by atoms with Gasteiger partial charge in [0.1, 0.15) is 0 Å². The molecule has 0 atom stereocenters. The van der Waals surface area contributed by atoms with Crippen LogP contribution < -0.4 is 10.4 Å². The molecule has 1 aromatic rings. The molecule has 6 heteroatoms. The molecule has 1 aliphatic heterocycles. The standard InChI is InChI=1S/C10H9F3N2O/c11-10(12,13)7-1-3-8(4-2-7)15-6-5-9(16)14-15/h1-4H,5-6H2,(H,14,16).